The van der Waals surface area contributed by atoms with E-state index in [4.69, 9.17) is 33.7 Å². The molecular weight excluding hydrogens is 313 g/mol. The smallest absolute Gasteiger partial charge is 0.266 e. The average Bonchev–Trinajstić information content (AvgIpc) is 2.45. The number of nitrogens with zero attached hydrogens (tertiary/aromatic N) is 2. The van der Waals surface area contributed by atoms with E-state index in [1.54, 1.807) is 30.3 Å². The van der Waals surface area contributed by atoms with Gasteiger partial charge in [-0.15, -0.1) is 0 Å². The number of nitrogen functional groups attached to an aromatic ring is 1. The molecule has 0 bridgehead atoms. The van der Waals surface area contributed by atoms with Crippen LogP contribution >= 0.6 is 23.2 Å². The van der Waals surface area contributed by atoms with E-state index in [1.165, 1.54) is 4.90 Å². The number of rotatable bonds is 2. The molecule has 7 heteroatoms. The van der Waals surface area contributed by atoms with E-state index >= 15 is 0 Å². The molecule has 0 saturated heterocycles. The molecule has 1 amide bonds. The largest absolute Gasteiger partial charge is 0.480 e. The summed E-state index contributed by atoms with van der Waals surface area (Å²) in [5, 5.41) is 0.986. The molecular formula is C14H11Cl2N3O2. The quantitative estimate of drug-likeness (QED) is 0.922. The standard InChI is InChI=1S/C14H11Cl2N3O2/c15-9-2-1-3-10(16)8(9)6-19-13(20)7-21-11-4-5-12(17)18-14(11)19/h1-5H,6-7H2,(H2,17,18). The lowest BCUT2D eigenvalue weighted by Gasteiger charge is -2.28. The van der Waals surface area contributed by atoms with Crippen LogP contribution in [0.3, 0.4) is 0 Å². The summed E-state index contributed by atoms with van der Waals surface area (Å²) in [6.45, 7) is 0.158. The van der Waals surface area contributed by atoms with Crippen molar-refractivity contribution in [1.82, 2.24) is 4.98 Å². The van der Waals surface area contributed by atoms with Crippen molar-refractivity contribution < 1.29 is 9.53 Å². The number of halogens is 2. The highest BCUT2D eigenvalue weighted by Gasteiger charge is 2.28. The van der Waals surface area contributed by atoms with Crippen molar-refractivity contribution in [2.24, 2.45) is 0 Å². The highest BCUT2D eigenvalue weighted by Crippen LogP contribution is 2.34. The molecule has 2 heterocycles. The van der Waals surface area contributed by atoms with Crippen LogP contribution in [0.2, 0.25) is 10.0 Å². The summed E-state index contributed by atoms with van der Waals surface area (Å²) in [4.78, 5) is 17.8. The second-order valence-electron chi connectivity index (χ2n) is 4.53. The van der Waals surface area contributed by atoms with E-state index in [9.17, 15) is 4.79 Å². The highest BCUT2D eigenvalue weighted by molar-refractivity contribution is 6.36. The molecule has 1 aromatic heterocycles. The van der Waals surface area contributed by atoms with E-state index in [1.807, 2.05) is 0 Å². The van der Waals surface area contributed by atoms with Gasteiger partial charge in [0.15, 0.2) is 18.2 Å². The molecule has 1 aromatic carbocycles. The van der Waals surface area contributed by atoms with Crippen LogP contribution in [-0.4, -0.2) is 17.5 Å². The van der Waals surface area contributed by atoms with E-state index in [2.05, 4.69) is 4.98 Å². The fraction of sp³-hybridized carbons (Fsp3) is 0.143. The monoisotopic (exact) mass is 323 g/mol. The molecule has 0 atom stereocenters. The number of carbonyl (C=O) groups is 1. The minimum Gasteiger partial charge on any atom is -0.480 e. The molecule has 0 spiro atoms. The molecule has 1 aliphatic rings. The SMILES string of the molecule is Nc1ccc2c(n1)N(Cc1c(Cl)cccc1Cl)C(=O)CO2. The predicted molar refractivity (Wildman–Crippen MR) is 81.8 cm³/mol. The van der Waals surface area contributed by atoms with Crippen LogP contribution < -0.4 is 15.4 Å². The zero-order chi connectivity index (χ0) is 15.0. The van der Waals surface area contributed by atoms with Crippen LogP contribution in [0.25, 0.3) is 0 Å². The molecule has 0 fully saturated rings. The third-order valence-corrected chi connectivity index (χ3v) is 3.85. The molecule has 2 N–H and O–H groups in total. The molecule has 1 aliphatic heterocycles. The van der Waals surface area contributed by atoms with Crippen LogP contribution in [0.15, 0.2) is 30.3 Å². The Labute approximate surface area is 131 Å². The lowest BCUT2D eigenvalue weighted by molar-refractivity contribution is -0.121. The number of ether oxygens (including phenoxy) is 1. The van der Waals surface area contributed by atoms with Crippen molar-refractivity contribution in [3.05, 3.63) is 45.9 Å². The van der Waals surface area contributed by atoms with Crippen molar-refractivity contribution in [2.75, 3.05) is 17.2 Å². The van der Waals surface area contributed by atoms with Gasteiger partial charge in [-0.2, -0.15) is 0 Å². The number of carbonyl (C=O) groups excluding carboxylic acids is 1. The maximum absolute atomic E-state index is 12.1. The Balaban J connectivity index is 2.03. The van der Waals surface area contributed by atoms with Gasteiger partial charge in [0, 0.05) is 15.6 Å². The summed E-state index contributed by atoms with van der Waals surface area (Å²) in [5.41, 5.74) is 6.34. The van der Waals surface area contributed by atoms with Gasteiger partial charge in [0.25, 0.3) is 5.91 Å². The normalized spacial score (nSPS) is 13.8. The molecule has 0 saturated carbocycles. The third kappa shape index (κ3) is 2.62. The first kappa shape index (κ1) is 14.0. The summed E-state index contributed by atoms with van der Waals surface area (Å²) < 4.78 is 5.34. The van der Waals surface area contributed by atoms with Gasteiger partial charge in [0.2, 0.25) is 0 Å². The molecule has 2 aromatic rings. The van der Waals surface area contributed by atoms with Gasteiger partial charge >= 0.3 is 0 Å². The molecule has 0 unspecified atom stereocenters. The van der Waals surface area contributed by atoms with Crippen LogP contribution in [0.1, 0.15) is 5.56 Å². The van der Waals surface area contributed by atoms with E-state index in [0.717, 1.165) is 0 Å². The zero-order valence-electron chi connectivity index (χ0n) is 10.8. The minimum atomic E-state index is -0.225. The maximum Gasteiger partial charge on any atom is 0.266 e. The maximum atomic E-state index is 12.1. The van der Waals surface area contributed by atoms with Crippen molar-refractivity contribution in [3.8, 4) is 5.75 Å². The number of anilines is 2. The first-order chi connectivity index (χ1) is 10.1. The number of aromatic nitrogens is 1. The van der Waals surface area contributed by atoms with Gasteiger partial charge in [-0.05, 0) is 24.3 Å². The molecule has 108 valence electrons. The summed E-state index contributed by atoms with van der Waals surface area (Å²) in [5.74, 6) is 0.966. The number of hydrogen-bond acceptors (Lipinski definition) is 4. The van der Waals surface area contributed by atoms with Crippen LogP contribution in [0, 0.1) is 0 Å². The van der Waals surface area contributed by atoms with Gasteiger partial charge in [-0.25, -0.2) is 4.98 Å². The molecule has 21 heavy (non-hydrogen) atoms. The first-order valence-electron chi connectivity index (χ1n) is 6.19. The topological polar surface area (TPSA) is 68.5 Å². The van der Waals surface area contributed by atoms with E-state index in [-0.39, 0.29) is 19.1 Å². The Morgan fingerprint density at radius 2 is 1.95 bits per heavy atom. The number of fused-ring (bicyclic) bond motifs is 1. The first-order valence-corrected chi connectivity index (χ1v) is 6.94. The zero-order valence-corrected chi connectivity index (χ0v) is 12.4. The van der Waals surface area contributed by atoms with Crippen molar-refractivity contribution >= 4 is 40.7 Å². The minimum absolute atomic E-state index is 0.0549. The van der Waals surface area contributed by atoms with Crippen LogP contribution in [-0.2, 0) is 11.3 Å². The number of pyridine rings is 1. The highest BCUT2D eigenvalue weighted by atomic mass is 35.5. The summed E-state index contributed by atoms with van der Waals surface area (Å²) in [6, 6.07) is 8.50. The summed E-state index contributed by atoms with van der Waals surface area (Å²) >= 11 is 12.3. The van der Waals surface area contributed by atoms with E-state index < -0.39 is 0 Å². The Hall–Kier alpha value is -1.98. The van der Waals surface area contributed by atoms with Crippen molar-refractivity contribution in [3.63, 3.8) is 0 Å². The summed E-state index contributed by atoms with van der Waals surface area (Å²) in [7, 11) is 0. The lowest BCUT2D eigenvalue weighted by atomic mass is 10.2. The third-order valence-electron chi connectivity index (χ3n) is 3.15. The molecule has 0 radical (unpaired) electrons. The predicted octanol–water partition coefficient (Wildman–Crippen LogP) is 2.90. The van der Waals surface area contributed by atoms with Crippen molar-refractivity contribution in [1.29, 1.82) is 0 Å². The Morgan fingerprint density at radius 3 is 2.67 bits per heavy atom. The van der Waals surface area contributed by atoms with Crippen molar-refractivity contribution in [2.45, 2.75) is 6.54 Å². The van der Waals surface area contributed by atoms with Gasteiger partial charge in [-0.1, -0.05) is 29.3 Å². The Morgan fingerprint density at radius 1 is 1.24 bits per heavy atom. The second-order valence-corrected chi connectivity index (χ2v) is 5.34. The number of amides is 1. The van der Waals surface area contributed by atoms with Gasteiger partial charge in [0.1, 0.15) is 5.82 Å². The van der Waals surface area contributed by atoms with Crippen LogP contribution in [0.5, 0.6) is 5.75 Å². The molecule has 5 nitrogen and oxygen atoms in total. The van der Waals surface area contributed by atoms with Crippen LogP contribution in [0.4, 0.5) is 11.6 Å². The number of benzene rings is 1. The summed E-state index contributed by atoms with van der Waals surface area (Å²) in [6.07, 6.45) is 0. The van der Waals surface area contributed by atoms with Gasteiger partial charge in [-0.3, -0.25) is 9.69 Å². The van der Waals surface area contributed by atoms with Gasteiger partial charge < -0.3 is 10.5 Å². The number of hydrogen-bond donors (Lipinski definition) is 1. The Bertz CT molecular complexity index is 701. The molecule has 0 aliphatic carbocycles. The number of nitrogens with two attached hydrogens (primary N) is 1. The Kier molecular flexibility index (Phi) is 3.61. The fourth-order valence-corrected chi connectivity index (χ4v) is 2.61. The molecule has 3 rings (SSSR count). The van der Waals surface area contributed by atoms with E-state index in [0.29, 0.717) is 33.0 Å². The van der Waals surface area contributed by atoms with Gasteiger partial charge in [0.05, 0.1) is 6.54 Å². The lowest BCUT2D eigenvalue weighted by Crippen LogP contribution is -2.39. The second kappa shape index (κ2) is 5.42. The fourth-order valence-electron chi connectivity index (χ4n) is 2.10. The average molecular weight is 324 g/mol.